The summed E-state index contributed by atoms with van der Waals surface area (Å²) in [6.45, 7) is 7.16. The van der Waals surface area contributed by atoms with Crippen molar-refractivity contribution in [2.45, 2.75) is 62.8 Å². The van der Waals surface area contributed by atoms with E-state index in [-0.39, 0.29) is 35.8 Å². The maximum Gasteiger partial charge on any atom is 0.434 e. The minimum atomic E-state index is -0.843. The fourth-order valence-corrected chi connectivity index (χ4v) is 8.55. The summed E-state index contributed by atoms with van der Waals surface area (Å²) in [5.74, 6) is 0.651. The van der Waals surface area contributed by atoms with E-state index in [9.17, 15) is 14.4 Å². The van der Waals surface area contributed by atoms with Crippen LogP contribution in [-0.2, 0) is 17.8 Å². The standard InChI is InChI=1S/C36H40ClFN7O2/c1-3-32(46)45-20-24(17-27(45)11-14-39)19-42(2)34-28-12-16-43(31-10-5-8-25-7-4-9-29(37)33(25)31)22-30(28)40-35(41-34)47-23-36-13-6-15-44(36)21-26(38)18-36/h3-5,7-10,19,24,26-27H,1,6,11-13,15-18,20-23H2,2H3/q+1/t24?,26-,27-,36+/m1/s1. The molecule has 1 amide bonds. The number of aromatic nitrogens is 2. The first-order valence-electron chi connectivity index (χ1n) is 16.5. The predicted molar refractivity (Wildman–Crippen MR) is 180 cm³/mol. The maximum atomic E-state index is 14.5. The molecule has 0 spiro atoms. The zero-order chi connectivity index (χ0) is 32.7. The SMILES string of the molecule is C=CC(=O)N1CC(C=[N+](C)c2nc(OC[C@@]34CCCN3C[C@H](F)C4)nc3c2CCN(c2cccc4cccc(Cl)c24)C3)C[C@H]1CC#N. The number of alkyl halides is 1. The summed E-state index contributed by atoms with van der Waals surface area (Å²) in [5.41, 5.74) is 2.68. The highest BCUT2D eigenvalue weighted by Crippen LogP contribution is 2.41. The number of carbonyl (C=O) groups excluding carboxylic acids is 1. The lowest BCUT2D eigenvalue weighted by molar-refractivity contribution is -0.407. The van der Waals surface area contributed by atoms with E-state index in [1.165, 1.54) is 6.08 Å². The monoisotopic (exact) mass is 656 g/mol. The average Bonchev–Trinajstić information content (AvgIpc) is 3.74. The topological polar surface area (TPSA) is 88.6 Å². The van der Waals surface area contributed by atoms with Crippen LogP contribution in [0.5, 0.6) is 6.01 Å². The Hall–Kier alpha value is -4.07. The van der Waals surface area contributed by atoms with Crippen LogP contribution in [0.1, 0.15) is 43.4 Å². The van der Waals surface area contributed by atoms with E-state index >= 15 is 0 Å². The lowest BCUT2D eigenvalue weighted by Crippen LogP contribution is -2.43. The van der Waals surface area contributed by atoms with Crippen LogP contribution >= 0.6 is 11.6 Å². The van der Waals surface area contributed by atoms with E-state index in [0.29, 0.717) is 50.5 Å². The predicted octanol–water partition coefficient (Wildman–Crippen LogP) is 5.46. The molecule has 244 valence electrons. The van der Waals surface area contributed by atoms with Gasteiger partial charge in [0, 0.05) is 60.5 Å². The van der Waals surface area contributed by atoms with Crippen molar-refractivity contribution < 1.29 is 18.5 Å². The quantitative estimate of drug-likeness (QED) is 0.181. The number of nitrogens with zero attached hydrogens (tertiary/aromatic N) is 7. The van der Waals surface area contributed by atoms with E-state index in [4.69, 9.17) is 26.3 Å². The van der Waals surface area contributed by atoms with E-state index in [2.05, 4.69) is 52.9 Å². The molecule has 4 aliphatic heterocycles. The number of likely N-dealkylation sites (tertiary alicyclic amines) is 1. The average molecular weight is 657 g/mol. The molecule has 0 saturated carbocycles. The highest BCUT2D eigenvalue weighted by atomic mass is 35.5. The lowest BCUT2D eigenvalue weighted by atomic mass is 9.95. The molecule has 0 N–H and O–H groups in total. The first-order chi connectivity index (χ1) is 22.8. The Morgan fingerprint density at radius 2 is 2.09 bits per heavy atom. The van der Waals surface area contributed by atoms with Gasteiger partial charge in [0.15, 0.2) is 0 Å². The van der Waals surface area contributed by atoms with Gasteiger partial charge in [-0.25, -0.2) is 8.97 Å². The largest absolute Gasteiger partial charge is 0.443 e. The third-order valence-corrected chi connectivity index (χ3v) is 10.7. The summed E-state index contributed by atoms with van der Waals surface area (Å²) in [4.78, 5) is 28.8. The second-order valence-corrected chi connectivity index (χ2v) is 13.8. The molecule has 2 aromatic carbocycles. The van der Waals surface area contributed by atoms with Crippen LogP contribution in [0.4, 0.5) is 15.9 Å². The van der Waals surface area contributed by atoms with E-state index in [0.717, 1.165) is 59.5 Å². The zero-order valence-electron chi connectivity index (χ0n) is 26.7. The van der Waals surface area contributed by atoms with Crippen LogP contribution in [0.25, 0.3) is 10.8 Å². The van der Waals surface area contributed by atoms with E-state index in [1.807, 2.05) is 23.8 Å². The van der Waals surface area contributed by atoms with Gasteiger partial charge in [-0.15, -0.1) is 0 Å². The molecule has 3 aromatic rings. The number of rotatable bonds is 8. The van der Waals surface area contributed by atoms with Crippen molar-refractivity contribution in [3.8, 4) is 12.1 Å². The molecule has 47 heavy (non-hydrogen) atoms. The fourth-order valence-electron chi connectivity index (χ4n) is 8.27. The number of hydrogen-bond acceptors (Lipinski definition) is 7. The molecule has 1 aromatic heterocycles. The van der Waals surface area contributed by atoms with Gasteiger partial charge < -0.3 is 14.5 Å². The van der Waals surface area contributed by atoms with Crippen LogP contribution in [-0.4, -0.2) is 94.1 Å². The summed E-state index contributed by atoms with van der Waals surface area (Å²) in [7, 11) is 1.97. The van der Waals surface area contributed by atoms with Crippen molar-refractivity contribution in [1.82, 2.24) is 19.8 Å². The highest BCUT2D eigenvalue weighted by Gasteiger charge is 2.49. The van der Waals surface area contributed by atoms with Gasteiger partial charge in [-0.05, 0) is 49.4 Å². The number of ether oxygens (including phenoxy) is 1. The minimum Gasteiger partial charge on any atom is -0.443 e. The van der Waals surface area contributed by atoms with Gasteiger partial charge in [0.2, 0.25) is 5.91 Å². The fraction of sp³-hybridized carbons (Fsp3) is 0.472. The third kappa shape index (κ3) is 5.96. The van der Waals surface area contributed by atoms with Gasteiger partial charge in [0.1, 0.15) is 12.8 Å². The molecule has 1 unspecified atom stereocenters. The summed E-state index contributed by atoms with van der Waals surface area (Å²) in [6.07, 6.45) is 6.67. The van der Waals surface area contributed by atoms with Crippen molar-refractivity contribution in [2.24, 2.45) is 5.92 Å². The third-order valence-electron chi connectivity index (χ3n) is 10.4. The van der Waals surface area contributed by atoms with E-state index in [1.54, 1.807) is 4.90 Å². The van der Waals surface area contributed by atoms with Crippen molar-refractivity contribution in [1.29, 1.82) is 5.26 Å². The van der Waals surface area contributed by atoms with Gasteiger partial charge in [-0.3, -0.25) is 9.69 Å². The number of benzene rings is 2. The molecule has 0 aliphatic carbocycles. The molecule has 4 aliphatic rings. The van der Waals surface area contributed by atoms with Crippen LogP contribution in [0, 0.1) is 17.2 Å². The molecule has 11 heteroatoms. The minimum absolute atomic E-state index is 0.0426. The Labute approximate surface area is 279 Å². The molecule has 0 radical (unpaired) electrons. The molecule has 9 nitrogen and oxygen atoms in total. The summed E-state index contributed by atoms with van der Waals surface area (Å²) in [6, 6.07) is 14.6. The summed E-state index contributed by atoms with van der Waals surface area (Å²) < 4.78 is 23.0. The van der Waals surface area contributed by atoms with Crippen molar-refractivity contribution in [3.63, 3.8) is 0 Å². The normalized spacial score (nSPS) is 25.9. The zero-order valence-corrected chi connectivity index (χ0v) is 27.5. The van der Waals surface area contributed by atoms with Crippen molar-refractivity contribution in [2.75, 3.05) is 44.7 Å². The number of hydrogen-bond donors (Lipinski definition) is 0. The Kier molecular flexibility index (Phi) is 8.62. The second-order valence-electron chi connectivity index (χ2n) is 13.4. The molecule has 4 atom stereocenters. The molecule has 5 heterocycles. The first kappa shape index (κ1) is 31.5. The highest BCUT2D eigenvalue weighted by molar-refractivity contribution is 6.36. The van der Waals surface area contributed by atoms with Crippen LogP contribution in [0.3, 0.4) is 0 Å². The smallest absolute Gasteiger partial charge is 0.434 e. The summed E-state index contributed by atoms with van der Waals surface area (Å²) >= 11 is 6.72. The van der Waals surface area contributed by atoms with Crippen LogP contribution in [0.2, 0.25) is 5.02 Å². The number of carbonyl (C=O) groups is 1. The maximum absolute atomic E-state index is 14.5. The Bertz CT molecular complexity index is 1790. The van der Waals surface area contributed by atoms with Gasteiger partial charge in [-0.1, -0.05) is 42.4 Å². The van der Waals surface area contributed by atoms with Crippen LogP contribution < -0.4 is 9.64 Å². The van der Waals surface area contributed by atoms with Gasteiger partial charge in [0.05, 0.1) is 54.1 Å². The molecule has 7 rings (SSSR count). The van der Waals surface area contributed by atoms with E-state index < -0.39 is 6.17 Å². The van der Waals surface area contributed by atoms with Crippen molar-refractivity contribution in [3.05, 3.63) is 65.3 Å². The number of amides is 1. The van der Waals surface area contributed by atoms with Crippen molar-refractivity contribution >= 4 is 46.0 Å². The van der Waals surface area contributed by atoms with Gasteiger partial charge in [-0.2, -0.15) is 10.2 Å². The second kappa shape index (κ2) is 12.9. The first-order valence-corrected chi connectivity index (χ1v) is 16.9. The number of nitriles is 1. The molecule has 0 bridgehead atoms. The molecular formula is C36H40ClFN7O2+. The number of anilines is 1. The van der Waals surface area contributed by atoms with Gasteiger partial charge in [0.25, 0.3) is 0 Å². The van der Waals surface area contributed by atoms with Gasteiger partial charge >= 0.3 is 11.8 Å². The number of halogens is 2. The molecular weight excluding hydrogens is 617 g/mol. The Balaban J connectivity index is 1.22. The van der Waals surface area contributed by atoms with Crippen LogP contribution in [0.15, 0.2) is 49.1 Å². The Morgan fingerprint density at radius 1 is 1.26 bits per heavy atom. The molecule has 3 fully saturated rings. The Morgan fingerprint density at radius 3 is 2.89 bits per heavy atom. The lowest BCUT2D eigenvalue weighted by Gasteiger charge is -2.32. The summed E-state index contributed by atoms with van der Waals surface area (Å²) in [5, 5.41) is 12.2. The number of fused-ring (bicyclic) bond motifs is 3. The molecule has 3 saturated heterocycles.